The van der Waals surface area contributed by atoms with Crippen LogP contribution in [-0.2, 0) is 11.9 Å². The molecule has 1 aromatic heterocycles. The van der Waals surface area contributed by atoms with Crippen molar-refractivity contribution in [1.29, 1.82) is 0 Å². The highest BCUT2D eigenvalue weighted by molar-refractivity contribution is 7.79. The molecular weight excluding hydrogens is 543 g/mol. The molecule has 0 aliphatic carbocycles. The minimum atomic E-state index is -2.56. The van der Waals surface area contributed by atoms with Crippen molar-refractivity contribution in [3.8, 4) is 0 Å². The first-order valence-corrected chi connectivity index (χ1v) is 17.1. The van der Waals surface area contributed by atoms with Crippen LogP contribution in [0.2, 0.25) is 0 Å². The zero-order valence-corrected chi connectivity index (χ0v) is 25.3. The quantitative estimate of drug-likeness (QED) is 0.0982. The first-order valence-electron chi connectivity index (χ1n) is 14.3. The minimum Gasteiger partial charge on any atom is -0.345 e. The van der Waals surface area contributed by atoms with E-state index < -0.39 is 8.07 Å². The molecule has 6 aromatic rings. The van der Waals surface area contributed by atoms with Gasteiger partial charge >= 0.3 is 0 Å². The molecule has 0 aliphatic rings. The van der Waals surface area contributed by atoms with Gasteiger partial charge in [0.25, 0.3) is 0 Å². The van der Waals surface area contributed by atoms with E-state index >= 15 is 0 Å². The number of hydrogen-bond acceptors (Lipinski definition) is 2. The molecule has 0 amide bonds. The lowest BCUT2D eigenvalue weighted by atomic mass is 9.65. The predicted molar refractivity (Wildman–Crippen MR) is 185 cm³/mol. The van der Waals surface area contributed by atoms with Crippen molar-refractivity contribution in [2.24, 2.45) is 0 Å². The van der Waals surface area contributed by atoms with E-state index in [-0.39, 0.29) is 0 Å². The highest BCUT2D eigenvalue weighted by Gasteiger charge is 2.40. The Balaban J connectivity index is 1.49. The molecular formula is C37H32BN2SSi. The van der Waals surface area contributed by atoms with Crippen LogP contribution in [0, 0.1) is 0 Å². The summed E-state index contributed by atoms with van der Waals surface area (Å²) in [6, 6.07) is 52.2. The van der Waals surface area contributed by atoms with Gasteiger partial charge in [-0.05, 0) is 32.3 Å². The highest BCUT2D eigenvalue weighted by Crippen LogP contribution is 2.18. The molecule has 0 atom stereocenters. The molecule has 42 heavy (non-hydrogen) atoms. The second kappa shape index (κ2) is 13.1. The Morgan fingerprint density at radius 3 is 1.88 bits per heavy atom. The summed E-state index contributed by atoms with van der Waals surface area (Å²) in [5.41, 5.74) is 5.61. The van der Waals surface area contributed by atoms with Crippen molar-refractivity contribution in [3.63, 3.8) is 0 Å². The number of imidazole rings is 1. The molecule has 5 aromatic carbocycles. The first-order chi connectivity index (χ1) is 20.8. The van der Waals surface area contributed by atoms with Gasteiger partial charge < -0.3 is 4.57 Å². The number of nitrogens with zero attached hydrogens (tertiary/aromatic N) is 2. The number of aromatic nitrogens is 2. The second-order valence-corrected chi connectivity index (χ2v) is 14.6. The third-order valence-corrected chi connectivity index (χ3v) is 12.9. The third-order valence-electron chi connectivity index (χ3n) is 7.80. The Hall–Kier alpha value is -4.32. The summed E-state index contributed by atoms with van der Waals surface area (Å²) in [7, 11) is -0.339. The minimum absolute atomic E-state index is 0.705. The lowest BCUT2D eigenvalue weighted by Gasteiger charge is -2.35. The molecule has 1 heterocycles. The Morgan fingerprint density at radius 2 is 1.26 bits per heavy atom. The van der Waals surface area contributed by atoms with Gasteiger partial charge in [-0.15, -0.1) is 0 Å². The van der Waals surface area contributed by atoms with Gasteiger partial charge in [0.05, 0.1) is 5.72 Å². The van der Waals surface area contributed by atoms with Crippen molar-refractivity contribution in [1.82, 2.24) is 9.55 Å². The molecule has 0 aliphatic heterocycles. The molecule has 5 heteroatoms. The summed E-state index contributed by atoms with van der Waals surface area (Å²) in [5.74, 6) is 0.705. The fourth-order valence-corrected chi connectivity index (χ4v) is 10.6. The van der Waals surface area contributed by atoms with Crippen molar-refractivity contribution >= 4 is 60.8 Å². The lowest BCUT2D eigenvalue weighted by molar-refractivity contribution is 0.893. The summed E-state index contributed by atoms with van der Waals surface area (Å²) in [6.07, 6.45) is 7.11. The van der Waals surface area contributed by atoms with E-state index in [1.165, 1.54) is 21.1 Å². The smallest absolute Gasteiger partial charge is 0.241 e. The van der Waals surface area contributed by atoms with Crippen LogP contribution in [0.15, 0.2) is 158 Å². The van der Waals surface area contributed by atoms with Crippen LogP contribution in [0.3, 0.4) is 0 Å². The summed E-state index contributed by atoms with van der Waals surface area (Å²) in [5, 5.41) is 4.11. The van der Waals surface area contributed by atoms with Crippen molar-refractivity contribution in [2.45, 2.75) is 11.9 Å². The van der Waals surface area contributed by atoms with Crippen LogP contribution in [0.25, 0.3) is 11.5 Å². The number of benzene rings is 5. The van der Waals surface area contributed by atoms with Gasteiger partial charge in [0.1, 0.15) is 0 Å². The van der Waals surface area contributed by atoms with Crippen LogP contribution in [0.1, 0.15) is 16.7 Å². The van der Waals surface area contributed by atoms with Crippen LogP contribution in [-0.4, -0.2) is 24.9 Å². The van der Waals surface area contributed by atoms with E-state index in [1.54, 1.807) is 0 Å². The number of rotatable bonds is 10. The molecule has 0 fully saturated rings. The molecule has 1 radical (unpaired) electrons. The summed E-state index contributed by atoms with van der Waals surface area (Å²) in [4.78, 5) is 4.90. The molecule has 0 saturated carbocycles. The standard InChI is InChI=1S/C37H32BN2SSi/c41-28-31-16-13-23-35(26-31)42(33-19-9-3-10-20-33,34-21-11-4-12-22-34)29-40-25-24-39-37(40)38-36(32-17-7-2-8-18-32)27-30-14-5-1-6-15-30/h1-27,41H,28-29H2. The summed E-state index contributed by atoms with van der Waals surface area (Å²) >= 11 is 4.64. The number of thiol groups is 1. The topological polar surface area (TPSA) is 17.8 Å². The maximum atomic E-state index is 4.90. The summed E-state index contributed by atoms with van der Waals surface area (Å²) < 4.78 is 2.35. The van der Waals surface area contributed by atoms with Crippen molar-refractivity contribution in [2.75, 3.05) is 0 Å². The van der Waals surface area contributed by atoms with Gasteiger partial charge in [0, 0.05) is 24.3 Å². The molecule has 203 valence electrons. The van der Waals surface area contributed by atoms with Crippen LogP contribution < -0.4 is 21.3 Å². The number of hydrogen-bond donors (Lipinski definition) is 1. The molecule has 6 rings (SSSR count). The van der Waals surface area contributed by atoms with Gasteiger partial charge in [0.2, 0.25) is 7.28 Å². The van der Waals surface area contributed by atoms with E-state index in [0.29, 0.717) is 5.75 Å². The van der Waals surface area contributed by atoms with E-state index in [9.17, 15) is 0 Å². The van der Waals surface area contributed by atoms with Gasteiger partial charge in [-0.2, -0.15) is 12.6 Å². The Morgan fingerprint density at radius 1 is 0.690 bits per heavy atom. The molecule has 0 saturated heterocycles. The maximum absolute atomic E-state index is 4.90. The zero-order chi connectivity index (χ0) is 28.6. The average Bonchev–Trinajstić information content (AvgIpc) is 3.51. The van der Waals surface area contributed by atoms with E-state index in [1.807, 2.05) is 6.20 Å². The first kappa shape index (κ1) is 27.8. The average molecular weight is 576 g/mol. The van der Waals surface area contributed by atoms with Crippen LogP contribution in [0.4, 0.5) is 0 Å². The normalized spacial score (nSPS) is 11.8. The molecule has 2 nitrogen and oxygen atoms in total. The Bertz CT molecular complexity index is 1710. The highest BCUT2D eigenvalue weighted by atomic mass is 32.1. The molecule has 0 unspecified atom stereocenters. The molecule has 0 spiro atoms. The Labute approximate surface area is 256 Å². The van der Waals surface area contributed by atoms with E-state index in [4.69, 9.17) is 4.98 Å². The van der Waals surface area contributed by atoms with Gasteiger partial charge in [-0.25, -0.2) is 0 Å². The van der Waals surface area contributed by atoms with Gasteiger partial charge in [0.15, 0.2) is 8.07 Å². The van der Waals surface area contributed by atoms with Crippen LogP contribution >= 0.6 is 12.6 Å². The lowest BCUT2D eigenvalue weighted by Crippen LogP contribution is -2.70. The Kier molecular flexibility index (Phi) is 8.69. The predicted octanol–water partition coefficient (Wildman–Crippen LogP) is 5.55. The van der Waals surface area contributed by atoms with Gasteiger partial charge in [-0.1, -0.05) is 157 Å². The SMILES string of the molecule is SCc1cccc([Si](Cn2ccnc2[B]C(=Cc2ccccc2)c2ccccc2)(c2ccccc2)c2ccccc2)c1. The third kappa shape index (κ3) is 5.99. The fourth-order valence-electron chi connectivity index (χ4n) is 5.71. The van der Waals surface area contributed by atoms with Crippen molar-refractivity contribution in [3.05, 3.63) is 175 Å². The van der Waals surface area contributed by atoms with Crippen molar-refractivity contribution < 1.29 is 0 Å². The maximum Gasteiger partial charge on any atom is 0.241 e. The summed E-state index contributed by atoms with van der Waals surface area (Å²) in [6.45, 7) is 0. The van der Waals surface area contributed by atoms with Gasteiger partial charge in [-0.3, -0.25) is 4.98 Å². The largest absolute Gasteiger partial charge is 0.345 e. The fraction of sp³-hybridized carbons (Fsp3) is 0.0541. The second-order valence-electron chi connectivity index (χ2n) is 10.4. The van der Waals surface area contributed by atoms with Crippen LogP contribution in [0.5, 0.6) is 0 Å². The zero-order valence-electron chi connectivity index (χ0n) is 23.4. The monoisotopic (exact) mass is 575 g/mol. The molecule has 0 N–H and O–H groups in total. The van der Waals surface area contributed by atoms with E-state index in [2.05, 4.69) is 182 Å². The van der Waals surface area contributed by atoms with E-state index in [0.717, 1.165) is 28.5 Å². The molecule has 0 bridgehead atoms.